The fourth-order valence-electron chi connectivity index (χ4n) is 4.78. The second-order valence-corrected chi connectivity index (χ2v) is 12.1. The molecule has 1 fully saturated rings. The highest BCUT2D eigenvalue weighted by molar-refractivity contribution is 9.10. The van der Waals surface area contributed by atoms with Gasteiger partial charge in [-0.3, -0.25) is 9.69 Å². The fraction of sp³-hybridized carbons (Fsp3) is 0.576. The number of oxime groups is 1. The predicted octanol–water partition coefficient (Wildman–Crippen LogP) is 7.80. The average molecular weight is 617 g/mol. The highest BCUT2D eigenvalue weighted by Gasteiger charge is 2.28. The third kappa shape index (κ3) is 9.91. The molecule has 7 heteroatoms. The van der Waals surface area contributed by atoms with Crippen molar-refractivity contribution in [1.29, 1.82) is 0 Å². The molecular formula is C33H50BrN3O3. The van der Waals surface area contributed by atoms with Gasteiger partial charge in [0.2, 0.25) is 0 Å². The summed E-state index contributed by atoms with van der Waals surface area (Å²) in [7, 11) is 0. The summed E-state index contributed by atoms with van der Waals surface area (Å²) in [4.78, 5) is 21.5. The van der Waals surface area contributed by atoms with Gasteiger partial charge in [0.1, 0.15) is 17.6 Å². The Morgan fingerprint density at radius 2 is 1.77 bits per heavy atom. The molecule has 2 aliphatic heterocycles. The molecule has 0 radical (unpaired) electrons. The Balaban J connectivity index is 0.000000315. The SMILES string of the molecule is CC.CC(=O)C1=NO[C@@H](CN2CCN(c3ccccc3OC(C)C)CC2)C1.CCC(C)(C)c1cc(Br)ccc1C. The Bertz CT molecular complexity index is 1110. The molecule has 40 heavy (non-hydrogen) atoms. The van der Waals surface area contributed by atoms with Crippen LogP contribution in [0.1, 0.15) is 79.4 Å². The molecule has 222 valence electrons. The van der Waals surface area contributed by atoms with E-state index in [1.807, 2.05) is 39.8 Å². The van der Waals surface area contributed by atoms with Gasteiger partial charge in [-0.1, -0.05) is 73.9 Å². The minimum Gasteiger partial charge on any atom is -0.489 e. The zero-order chi connectivity index (χ0) is 29.9. The molecule has 0 aromatic heterocycles. The van der Waals surface area contributed by atoms with E-state index in [1.54, 1.807) is 6.92 Å². The minimum atomic E-state index is 0.00186. The number of para-hydroxylation sites is 2. The van der Waals surface area contributed by atoms with Crippen LogP contribution in [0.3, 0.4) is 0 Å². The number of rotatable bonds is 8. The lowest BCUT2D eigenvalue weighted by molar-refractivity contribution is -0.111. The Hall–Kier alpha value is -2.38. The Morgan fingerprint density at radius 3 is 2.35 bits per heavy atom. The van der Waals surface area contributed by atoms with Crippen LogP contribution in [0, 0.1) is 6.92 Å². The van der Waals surface area contributed by atoms with Crippen molar-refractivity contribution in [3.63, 3.8) is 0 Å². The lowest BCUT2D eigenvalue weighted by Crippen LogP contribution is -2.48. The van der Waals surface area contributed by atoms with Gasteiger partial charge in [-0.15, -0.1) is 0 Å². The van der Waals surface area contributed by atoms with Gasteiger partial charge in [0, 0.05) is 50.5 Å². The lowest BCUT2D eigenvalue weighted by atomic mass is 9.80. The number of benzene rings is 2. The van der Waals surface area contributed by atoms with Crippen LogP contribution in [-0.2, 0) is 15.0 Å². The summed E-state index contributed by atoms with van der Waals surface area (Å²) in [6.45, 7) is 23.3. The van der Waals surface area contributed by atoms with Crippen LogP contribution in [0.15, 0.2) is 52.1 Å². The zero-order valence-electron chi connectivity index (χ0n) is 26.1. The summed E-state index contributed by atoms with van der Waals surface area (Å²) in [5, 5.41) is 3.90. The Morgan fingerprint density at radius 1 is 1.12 bits per heavy atom. The number of ether oxygens (including phenoxy) is 1. The number of aryl methyl sites for hydroxylation is 1. The number of hydrogen-bond donors (Lipinski definition) is 0. The van der Waals surface area contributed by atoms with Gasteiger partial charge >= 0.3 is 0 Å². The smallest absolute Gasteiger partial charge is 0.177 e. The third-order valence-corrected chi connectivity index (χ3v) is 7.85. The van der Waals surface area contributed by atoms with Crippen molar-refractivity contribution in [2.75, 3.05) is 37.6 Å². The molecule has 0 unspecified atom stereocenters. The molecule has 0 spiro atoms. The summed E-state index contributed by atoms with van der Waals surface area (Å²) in [5.74, 6) is 0.957. The lowest BCUT2D eigenvalue weighted by Gasteiger charge is -2.37. The second-order valence-electron chi connectivity index (χ2n) is 11.1. The maximum atomic E-state index is 11.3. The molecule has 6 nitrogen and oxygen atoms in total. The van der Waals surface area contributed by atoms with Crippen LogP contribution in [0.2, 0.25) is 0 Å². The molecule has 0 aliphatic carbocycles. The van der Waals surface area contributed by atoms with Crippen molar-refractivity contribution in [1.82, 2.24) is 4.90 Å². The molecule has 1 saturated heterocycles. The third-order valence-electron chi connectivity index (χ3n) is 7.35. The number of anilines is 1. The maximum Gasteiger partial charge on any atom is 0.177 e. The van der Waals surface area contributed by atoms with Gasteiger partial charge in [-0.25, -0.2) is 0 Å². The van der Waals surface area contributed by atoms with E-state index in [0.29, 0.717) is 12.1 Å². The summed E-state index contributed by atoms with van der Waals surface area (Å²) in [5.41, 5.74) is 4.84. The Kier molecular flexibility index (Phi) is 13.7. The number of piperazine rings is 1. The Labute approximate surface area is 251 Å². The average Bonchev–Trinajstić information content (AvgIpc) is 3.41. The number of halogens is 1. The molecule has 2 aromatic rings. The van der Waals surface area contributed by atoms with Crippen LogP contribution in [0.25, 0.3) is 0 Å². The highest BCUT2D eigenvalue weighted by Crippen LogP contribution is 2.32. The maximum absolute atomic E-state index is 11.3. The van der Waals surface area contributed by atoms with Crippen LogP contribution in [0.5, 0.6) is 5.75 Å². The zero-order valence-corrected chi connectivity index (χ0v) is 27.7. The van der Waals surface area contributed by atoms with Crippen LogP contribution in [0.4, 0.5) is 5.69 Å². The quantitative estimate of drug-likeness (QED) is 0.303. The van der Waals surface area contributed by atoms with Gasteiger partial charge in [0.05, 0.1) is 11.8 Å². The van der Waals surface area contributed by atoms with Crippen molar-refractivity contribution in [3.05, 3.63) is 58.1 Å². The summed E-state index contributed by atoms with van der Waals surface area (Å²) in [6.07, 6.45) is 1.96. The molecule has 0 amide bonds. The largest absolute Gasteiger partial charge is 0.489 e. The van der Waals surface area contributed by atoms with E-state index in [2.05, 4.69) is 88.9 Å². The number of carbonyl (C=O) groups excluding carboxylic acids is 1. The molecule has 2 aromatic carbocycles. The van der Waals surface area contributed by atoms with Crippen molar-refractivity contribution in [2.45, 2.75) is 92.8 Å². The van der Waals surface area contributed by atoms with Gasteiger partial charge in [0.15, 0.2) is 5.78 Å². The predicted molar refractivity (Wildman–Crippen MR) is 172 cm³/mol. The number of nitrogens with zero attached hydrogens (tertiary/aromatic N) is 3. The fourth-order valence-corrected chi connectivity index (χ4v) is 5.14. The van der Waals surface area contributed by atoms with E-state index in [0.717, 1.165) is 44.2 Å². The molecule has 0 N–H and O–H groups in total. The summed E-state index contributed by atoms with van der Waals surface area (Å²) in [6, 6.07) is 14.7. The first kappa shape index (κ1) is 33.8. The van der Waals surface area contributed by atoms with E-state index in [9.17, 15) is 4.79 Å². The second kappa shape index (κ2) is 16.2. The highest BCUT2D eigenvalue weighted by atomic mass is 79.9. The molecule has 2 aliphatic rings. The van der Waals surface area contributed by atoms with Crippen LogP contribution in [-0.4, -0.2) is 61.3 Å². The van der Waals surface area contributed by atoms with Gasteiger partial charge in [-0.05, 0) is 68.0 Å². The summed E-state index contributed by atoms with van der Waals surface area (Å²) < 4.78 is 7.12. The molecule has 1 atom stereocenters. The number of hydrogen-bond acceptors (Lipinski definition) is 6. The van der Waals surface area contributed by atoms with Gasteiger partial charge < -0.3 is 14.5 Å². The standard InChI is InChI=1S/C19H27N3O3.C12H17Br.C2H6/c1-14(2)24-19-7-5-4-6-18(19)22-10-8-21(9-11-22)13-16-12-17(15(3)23)20-25-16;1-5-12(3,4)11-8-10(13)7-6-9(11)2;1-2/h4-7,14,16H,8-13H2,1-3H3;6-8H,5H2,1-4H3;1-2H3/t16-;;/m1../s1. The number of Topliss-reactive ketones (excluding diaryl/α,β-unsaturated/α-hetero) is 1. The van der Waals surface area contributed by atoms with Crippen LogP contribution >= 0.6 is 15.9 Å². The van der Waals surface area contributed by atoms with Crippen LogP contribution < -0.4 is 9.64 Å². The van der Waals surface area contributed by atoms with Crippen molar-refractivity contribution < 1.29 is 14.4 Å². The van der Waals surface area contributed by atoms with Crippen molar-refractivity contribution in [3.8, 4) is 5.75 Å². The minimum absolute atomic E-state index is 0.00186. The topological polar surface area (TPSA) is 54.4 Å². The number of carbonyl (C=O) groups is 1. The molecule has 0 bridgehead atoms. The first-order valence-electron chi connectivity index (χ1n) is 14.7. The molecular weight excluding hydrogens is 566 g/mol. The number of ketones is 1. The first-order chi connectivity index (χ1) is 19.0. The van der Waals surface area contributed by atoms with E-state index in [1.165, 1.54) is 22.0 Å². The van der Waals surface area contributed by atoms with E-state index in [-0.39, 0.29) is 23.4 Å². The van der Waals surface area contributed by atoms with Gasteiger partial charge in [0.25, 0.3) is 0 Å². The molecule has 0 saturated carbocycles. The van der Waals surface area contributed by atoms with E-state index >= 15 is 0 Å². The van der Waals surface area contributed by atoms with E-state index < -0.39 is 0 Å². The molecule has 2 heterocycles. The van der Waals surface area contributed by atoms with Crippen molar-refractivity contribution in [2.24, 2.45) is 5.16 Å². The summed E-state index contributed by atoms with van der Waals surface area (Å²) >= 11 is 3.52. The van der Waals surface area contributed by atoms with Gasteiger partial charge in [-0.2, -0.15) is 0 Å². The van der Waals surface area contributed by atoms with Crippen molar-refractivity contribution >= 4 is 33.1 Å². The first-order valence-corrected chi connectivity index (χ1v) is 15.5. The monoisotopic (exact) mass is 615 g/mol. The normalized spacial score (nSPS) is 17.2. The molecule has 4 rings (SSSR count). The van der Waals surface area contributed by atoms with E-state index in [4.69, 9.17) is 9.57 Å².